The van der Waals surface area contributed by atoms with Crippen molar-refractivity contribution in [2.24, 2.45) is 0 Å². The number of carbonyl (C=O) groups excluding carboxylic acids is 1. The van der Waals surface area contributed by atoms with Crippen molar-refractivity contribution in [2.45, 2.75) is 23.9 Å². The summed E-state index contributed by atoms with van der Waals surface area (Å²) < 4.78 is 10.8. The van der Waals surface area contributed by atoms with E-state index in [0.29, 0.717) is 17.7 Å². The Kier molecular flexibility index (Phi) is 6.13. The van der Waals surface area contributed by atoms with Gasteiger partial charge >= 0.3 is 0 Å². The molecule has 0 saturated heterocycles. The molecule has 6 nitrogen and oxygen atoms in total. The molecule has 2 aromatic carbocycles. The van der Waals surface area contributed by atoms with Gasteiger partial charge in [0.1, 0.15) is 5.75 Å². The van der Waals surface area contributed by atoms with Crippen LogP contribution in [0.3, 0.4) is 0 Å². The summed E-state index contributed by atoms with van der Waals surface area (Å²) in [6.45, 7) is 2.40. The molecule has 1 unspecified atom stereocenters. The van der Waals surface area contributed by atoms with Gasteiger partial charge in [-0.2, -0.15) is 0 Å². The molecule has 0 aliphatic heterocycles. The molecule has 27 heavy (non-hydrogen) atoms. The van der Waals surface area contributed by atoms with Crippen LogP contribution in [0.4, 0.5) is 0 Å². The summed E-state index contributed by atoms with van der Waals surface area (Å²) in [4.78, 5) is 14.3. The number of rotatable bonds is 7. The zero-order valence-corrected chi connectivity index (χ0v) is 16.3. The number of thioether (sulfide) groups is 1. The summed E-state index contributed by atoms with van der Waals surface area (Å²) in [6, 6.07) is 17.2. The molecule has 0 aliphatic rings. The number of amides is 1. The fourth-order valence-electron chi connectivity index (χ4n) is 2.55. The molecule has 140 valence electrons. The van der Waals surface area contributed by atoms with Crippen molar-refractivity contribution in [3.8, 4) is 17.2 Å². The Balaban J connectivity index is 1.61. The maximum absolute atomic E-state index is 12.6. The first-order chi connectivity index (χ1) is 13.1. The van der Waals surface area contributed by atoms with Crippen LogP contribution in [-0.4, -0.2) is 40.4 Å². The summed E-state index contributed by atoms with van der Waals surface area (Å²) in [5.41, 5.74) is 1.89. The van der Waals surface area contributed by atoms with Crippen LogP contribution >= 0.6 is 11.8 Å². The fraction of sp³-hybridized carbons (Fsp3) is 0.250. The van der Waals surface area contributed by atoms with Crippen molar-refractivity contribution >= 4 is 17.7 Å². The molecule has 1 heterocycles. The number of hydrogen-bond acceptors (Lipinski definition) is 6. The minimum absolute atomic E-state index is 0.00745. The van der Waals surface area contributed by atoms with E-state index >= 15 is 0 Å². The molecule has 0 N–H and O–H groups in total. The maximum atomic E-state index is 12.6. The number of nitrogens with zero attached hydrogens (tertiary/aromatic N) is 3. The Morgan fingerprint density at radius 2 is 1.85 bits per heavy atom. The highest BCUT2D eigenvalue weighted by atomic mass is 32.2. The van der Waals surface area contributed by atoms with Crippen LogP contribution in [0.15, 0.2) is 64.2 Å². The van der Waals surface area contributed by atoms with Crippen molar-refractivity contribution < 1.29 is 13.9 Å². The molecule has 1 aromatic heterocycles. The number of hydrogen-bond donors (Lipinski definition) is 0. The molecular weight excluding hydrogens is 362 g/mol. The van der Waals surface area contributed by atoms with Crippen LogP contribution in [0, 0.1) is 0 Å². The molecular formula is C20H21N3O3S. The van der Waals surface area contributed by atoms with E-state index in [1.807, 2.05) is 61.5 Å². The molecule has 0 fully saturated rings. The number of methoxy groups -OCH3 is 1. The van der Waals surface area contributed by atoms with Crippen LogP contribution in [0.5, 0.6) is 5.75 Å². The monoisotopic (exact) mass is 383 g/mol. The first-order valence-corrected chi connectivity index (χ1v) is 9.38. The number of aromatic nitrogens is 2. The Morgan fingerprint density at radius 1 is 1.15 bits per heavy atom. The average molecular weight is 383 g/mol. The summed E-state index contributed by atoms with van der Waals surface area (Å²) in [7, 11) is 3.41. The topological polar surface area (TPSA) is 68.5 Å². The first kappa shape index (κ1) is 19.0. The minimum atomic E-state index is -0.331. The lowest BCUT2D eigenvalue weighted by molar-refractivity contribution is -0.129. The fourth-order valence-corrected chi connectivity index (χ4v) is 3.35. The van der Waals surface area contributed by atoms with Crippen molar-refractivity contribution in [3.63, 3.8) is 0 Å². The third-order valence-corrected chi connectivity index (χ3v) is 4.93. The Labute approximate surface area is 162 Å². The standard InChI is InChI=1S/C20H21N3O3S/c1-14(19(24)23(2)13-15-7-5-4-6-8-15)27-20-22-21-18(26-20)16-9-11-17(25-3)12-10-16/h4-12,14H,13H2,1-3H3. The zero-order chi connectivity index (χ0) is 19.2. The highest BCUT2D eigenvalue weighted by Crippen LogP contribution is 2.28. The lowest BCUT2D eigenvalue weighted by atomic mass is 10.2. The quantitative estimate of drug-likeness (QED) is 0.577. The molecule has 3 aromatic rings. The summed E-state index contributed by atoms with van der Waals surface area (Å²) in [6.07, 6.45) is 0. The molecule has 0 aliphatic carbocycles. The molecule has 1 amide bonds. The van der Waals surface area contributed by atoms with Crippen LogP contribution in [0.1, 0.15) is 12.5 Å². The lowest BCUT2D eigenvalue weighted by Gasteiger charge is -2.20. The maximum Gasteiger partial charge on any atom is 0.277 e. The third-order valence-electron chi connectivity index (χ3n) is 4.01. The van der Waals surface area contributed by atoms with E-state index in [9.17, 15) is 4.79 Å². The SMILES string of the molecule is COc1ccc(-c2nnc(SC(C)C(=O)N(C)Cc3ccccc3)o2)cc1. The molecule has 0 saturated carbocycles. The van der Waals surface area contributed by atoms with Crippen molar-refractivity contribution in [2.75, 3.05) is 14.2 Å². The molecule has 0 bridgehead atoms. The second kappa shape index (κ2) is 8.73. The van der Waals surface area contributed by atoms with E-state index < -0.39 is 0 Å². The van der Waals surface area contributed by atoms with Gasteiger partial charge in [0, 0.05) is 19.2 Å². The van der Waals surface area contributed by atoms with E-state index in [1.165, 1.54) is 11.8 Å². The molecule has 3 rings (SSSR count). The Hall–Kier alpha value is -2.80. The van der Waals surface area contributed by atoms with Gasteiger partial charge in [-0.05, 0) is 36.8 Å². The molecule has 0 spiro atoms. The van der Waals surface area contributed by atoms with E-state index in [4.69, 9.17) is 9.15 Å². The smallest absolute Gasteiger partial charge is 0.277 e. The highest BCUT2D eigenvalue weighted by Gasteiger charge is 2.22. The van der Waals surface area contributed by atoms with Gasteiger partial charge in [-0.25, -0.2) is 0 Å². The highest BCUT2D eigenvalue weighted by molar-refractivity contribution is 8.00. The third kappa shape index (κ3) is 4.89. The van der Waals surface area contributed by atoms with Gasteiger partial charge in [0.15, 0.2) is 0 Å². The minimum Gasteiger partial charge on any atom is -0.497 e. The normalized spacial score (nSPS) is 11.8. The van der Waals surface area contributed by atoms with E-state index in [-0.39, 0.29) is 11.2 Å². The van der Waals surface area contributed by atoms with Gasteiger partial charge < -0.3 is 14.1 Å². The van der Waals surface area contributed by atoms with Crippen molar-refractivity contribution in [3.05, 3.63) is 60.2 Å². The Morgan fingerprint density at radius 3 is 2.52 bits per heavy atom. The van der Waals surface area contributed by atoms with Gasteiger partial charge in [-0.3, -0.25) is 4.79 Å². The summed E-state index contributed by atoms with van der Waals surface area (Å²) in [5, 5.41) is 8.15. The zero-order valence-electron chi connectivity index (χ0n) is 15.5. The van der Waals surface area contributed by atoms with Crippen molar-refractivity contribution in [1.29, 1.82) is 0 Å². The van der Waals surface area contributed by atoms with Gasteiger partial charge in [-0.15, -0.1) is 10.2 Å². The number of carbonyl (C=O) groups is 1. The van der Waals surface area contributed by atoms with E-state index in [0.717, 1.165) is 16.9 Å². The van der Waals surface area contributed by atoms with Gasteiger partial charge in [0.2, 0.25) is 11.8 Å². The molecule has 7 heteroatoms. The predicted octanol–water partition coefficient (Wildman–Crippen LogP) is 3.88. The van der Waals surface area contributed by atoms with Gasteiger partial charge in [0.05, 0.1) is 12.4 Å². The van der Waals surface area contributed by atoms with Gasteiger partial charge in [0.25, 0.3) is 5.22 Å². The largest absolute Gasteiger partial charge is 0.497 e. The number of benzene rings is 2. The second-order valence-corrected chi connectivity index (χ2v) is 7.33. The van der Waals surface area contributed by atoms with E-state index in [1.54, 1.807) is 19.1 Å². The summed E-state index contributed by atoms with van der Waals surface area (Å²) in [5.74, 6) is 1.18. The van der Waals surface area contributed by atoms with Crippen LogP contribution in [0.25, 0.3) is 11.5 Å². The van der Waals surface area contributed by atoms with Crippen LogP contribution in [0.2, 0.25) is 0 Å². The summed E-state index contributed by atoms with van der Waals surface area (Å²) >= 11 is 1.26. The van der Waals surface area contributed by atoms with Crippen molar-refractivity contribution in [1.82, 2.24) is 15.1 Å². The molecule has 0 radical (unpaired) electrons. The van der Waals surface area contributed by atoms with Crippen LogP contribution < -0.4 is 4.74 Å². The first-order valence-electron chi connectivity index (χ1n) is 8.50. The van der Waals surface area contributed by atoms with Crippen LogP contribution in [-0.2, 0) is 11.3 Å². The molecule has 1 atom stereocenters. The predicted molar refractivity (Wildman–Crippen MR) is 105 cm³/mol. The Bertz CT molecular complexity index is 881. The van der Waals surface area contributed by atoms with Gasteiger partial charge in [-0.1, -0.05) is 42.1 Å². The average Bonchev–Trinajstić information content (AvgIpc) is 3.16. The van der Waals surface area contributed by atoms with E-state index in [2.05, 4.69) is 10.2 Å². The lowest BCUT2D eigenvalue weighted by Crippen LogP contribution is -2.32. The number of ether oxygens (including phenoxy) is 1. The second-order valence-electron chi connectivity index (χ2n) is 6.04.